The van der Waals surface area contributed by atoms with E-state index in [1.54, 1.807) is 24.1 Å². The Hall–Kier alpha value is -3.06. The highest BCUT2D eigenvalue weighted by molar-refractivity contribution is 6.43. The molecular formula is C24H31N3O4. The maximum Gasteiger partial charge on any atom is 0.294 e. The van der Waals surface area contributed by atoms with E-state index in [1.807, 2.05) is 30.3 Å². The SMILES string of the molecule is COc1cc2c(cc1OC)C(=O)C(=O)N(CCCN(C)CCNc1ccccc1)CC2. The van der Waals surface area contributed by atoms with Gasteiger partial charge in [0, 0.05) is 37.4 Å². The lowest BCUT2D eigenvalue weighted by Gasteiger charge is -2.22. The number of nitrogens with one attached hydrogen (secondary N) is 1. The average molecular weight is 426 g/mol. The molecule has 7 nitrogen and oxygen atoms in total. The number of para-hydroxylation sites is 1. The molecule has 0 aromatic heterocycles. The third kappa shape index (κ3) is 5.76. The summed E-state index contributed by atoms with van der Waals surface area (Å²) >= 11 is 0. The maximum absolute atomic E-state index is 12.8. The first kappa shape index (κ1) is 22.6. The molecule has 2 aromatic rings. The number of fused-ring (bicyclic) bond motifs is 1. The predicted octanol–water partition coefficient (Wildman–Crippen LogP) is 2.71. The van der Waals surface area contributed by atoms with E-state index in [-0.39, 0.29) is 0 Å². The van der Waals surface area contributed by atoms with Crippen LogP contribution in [0.4, 0.5) is 5.69 Å². The highest BCUT2D eigenvalue weighted by atomic mass is 16.5. The molecule has 0 unspecified atom stereocenters. The van der Waals surface area contributed by atoms with Crippen molar-refractivity contribution in [3.8, 4) is 11.5 Å². The molecule has 0 aliphatic carbocycles. The summed E-state index contributed by atoms with van der Waals surface area (Å²) in [5.74, 6) is 0.107. The van der Waals surface area contributed by atoms with Crippen LogP contribution in [0.2, 0.25) is 0 Å². The van der Waals surface area contributed by atoms with E-state index >= 15 is 0 Å². The molecule has 1 N–H and O–H groups in total. The zero-order valence-electron chi connectivity index (χ0n) is 18.5. The molecule has 166 valence electrons. The lowest BCUT2D eigenvalue weighted by Crippen LogP contribution is -2.38. The van der Waals surface area contributed by atoms with Crippen molar-refractivity contribution in [2.45, 2.75) is 12.8 Å². The van der Waals surface area contributed by atoms with E-state index in [1.165, 1.54) is 7.11 Å². The van der Waals surface area contributed by atoms with E-state index in [0.717, 1.165) is 37.3 Å². The van der Waals surface area contributed by atoms with E-state index in [4.69, 9.17) is 9.47 Å². The number of carbonyl (C=O) groups is 2. The number of Topliss-reactive ketones (excluding diaryl/α,β-unsaturated/α-hetero) is 1. The minimum absolute atomic E-state index is 0.411. The van der Waals surface area contributed by atoms with E-state index in [0.29, 0.717) is 36.6 Å². The first-order valence-corrected chi connectivity index (χ1v) is 10.6. The number of hydrogen-bond acceptors (Lipinski definition) is 6. The molecule has 0 bridgehead atoms. The maximum atomic E-state index is 12.8. The number of carbonyl (C=O) groups excluding carboxylic acids is 2. The Morgan fingerprint density at radius 2 is 1.74 bits per heavy atom. The first-order valence-electron chi connectivity index (χ1n) is 10.6. The quantitative estimate of drug-likeness (QED) is 0.590. The first-order chi connectivity index (χ1) is 15.0. The Morgan fingerprint density at radius 3 is 2.45 bits per heavy atom. The molecule has 0 fully saturated rings. The molecular weight excluding hydrogens is 394 g/mol. The Morgan fingerprint density at radius 1 is 1.03 bits per heavy atom. The van der Waals surface area contributed by atoms with Gasteiger partial charge in [-0.05, 0) is 56.3 Å². The Balaban J connectivity index is 1.50. The van der Waals surface area contributed by atoms with Crippen molar-refractivity contribution < 1.29 is 19.1 Å². The van der Waals surface area contributed by atoms with Gasteiger partial charge in [-0.2, -0.15) is 0 Å². The molecule has 0 saturated carbocycles. The van der Waals surface area contributed by atoms with Crippen LogP contribution in [0.25, 0.3) is 0 Å². The van der Waals surface area contributed by atoms with Gasteiger partial charge in [-0.1, -0.05) is 18.2 Å². The second-order valence-corrected chi connectivity index (χ2v) is 7.69. The Labute approximate surface area is 183 Å². The van der Waals surface area contributed by atoms with Gasteiger partial charge in [0.1, 0.15) is 0 Å². The monoisotopic (exact) mass is 425 g/mol. The van der Waals surface area contributed by atoms with Crippen LogP contribution in [0.1, 0.15) is 22.3 Å². The van der Waals surface area contributed by atoms with Crippen molar-refractivity contribution in [1.82, 2.24) is 9.80 Å². The molecule has 1 aliphatic rings. The molecule has 2 aromatic carbocycles. The van der Waals surface area contributed by atoms with E-state index in [2.05, 4.69) is 17.3 Å². The fourth-order valence-electron chi connectivity index (χ4n) is 3.76. The summed E-state index contributed by atoms with van der Waals surface area (Å²) in [5, 5.41) is 3.39. The van der Waals surface area contributed by atoms with Crippen LogP contribution in [0.3, 0.4) is 0 Å². The van der Waals surface area contributed by atoms with Crippen LogP contribution in [0.5, 0.6) is 11.5 Å². The second kappa shape index (κ2) is 10.8. The summed E-state index contributed by atoms with van der Waals surface area (Å²) in [5.41, 5.74) is 2.34. The molecule has 0 atom stereocenters. The van der Waals surface area contributed by atoms with E-state index in [9.17, 15) is 9.59 Å². The third-order valence-corrected chi connectivity index (χ3v) is 5.55. The van der Waals surface area contributed by atoms with Gasteiger partial charge >= 0.3 is 0 Å². The summed E-state index contributed by atoms with van der Waals surface area (Å²) < 4.78 is 10.6. The number of anilines is 1. The minimum Gasteiger partial charge on any atom is -0.493 e. The normalized spacial score (nSPS) is 13.7. The van der Waals surface area contributed by atoms with Gasteiger partial charge in [-0.25, -0.2) is 0 Å². The number of likely N-dealkylation sites (N-methyl/N-ethyl adjacent to an activating group) is 1. The number of rotatable bonds is 10. The molecule has 0 saturated heterocycles. The number of methoxy groups -OCH3 is 2. The van der Waals surface area contributed by atoms with Crippen molar-refractivity contribution in [1.29, 1.82) is 0 Å². The van der Waals surface area contributed by atoms with Crippen LogP contribution in [-0.4, -0.2) is 75.5 Å². The van der Waals surface area contributed by atoms with Gasteiger partial charge in [-0.15, -0.1) is 0 Å². The minimum atomic E-state index is -0.478. The lowest BCUT2D eigenvalue weighted by molar-refractivity contribution is -0.126. The van der Waals surface area contributed by atoms with Gasteiger partial charge in [0.05, 0.1) is 14.2 Å². The third-order valence-electron chi connectivity index (χ3n) is 5.55. The zero-order chi connectivity index (χ0) is 22.2. The summed E-state index contributed by atoms with van der Waals surface area (Å²) in [6.45, 7) is 3.67. The summed E-state index contributed by atoms with van der Waals surface area (Å²) in [6, 6.07) is 13.5. The highest BCUT2D eigenvalue weighted by Gasteiger charge is 2.30. The van der Waals surface area contributed by atoms with Crippen molar-refractivity contribution in [3.05, 3.63) is 53.6 Å². The molecule has 7 heteroatoms. The number of ketones is 1. The fourth-order valence-corrected chi connectivity index (χ4v) is 3.76. The van der Waals surface area contributed by atoms with Gasteiger partial charge < -0.3 is 24.6 Å². The van der Waals surface area contributed by atoms with E-state index < -0.39 is 11.7 Å². The summed E-state index contributed by atoms with van der Waals surface area (Å²) in [4.78, 5) is 29.4. The van der Waals surface area contributed by atoms with Crippen LogP contribution < -0.4 is 14.8 Å². The topological polar surface area (TPSA) is 71.1 Å². The molecule has 1 amide bonds. The fraction of sp³-hybridized carbons (Fsp3) is 0.417. The van der Waals surface area contributed by atoms with Gasteiger partial charge in [0.15, 0.2) is 11.5 Å². The molecule has 1 heterocycles. The molecule has 0 spiro atoms. The van der Waals surface area contributed by atoms with Gasteiger partial charge in [-0.3, -0.25) is 9.59 Å². The lowest BCUT2D eigenvalue weighted by atomic mass is 10.0. The van der Waals surface area contributed by atoms with Crippen molar-refractivity contribution in [2.24, 2.45) is 0 Å². The molecule has 0 radical (unpaired) electrons. The standard InChI is InChI=1S/C24H31N3O4/c1-26(15-11-25-19-8-5-4-6-9-19)12-7-13-27-14-10-18-16-21(30-2)22(31-3)17-20(18)23(28)24(27)29/h4-6,8-9,16-17,25H,7,10-15H2,1-3H3. The number of ether oxygens (including phenoxy) is 2. The number of nitrogens with zero attached hydrogens (tertiary/aromatic N) is 2. The highest BCUT2D eigenvalue weighted by Crippen LogP contribution is 2.32. The molecule has 3 rings (SSSR count). The van der Waals surface area contributed by atoms with Crippen LogP contribution >= 0.6 is 0 Å². The van der Waals surface area contributed by atoms with Crippen LogP contribution in [0, 0.1) is 0 Å². The largest absolute Gasteiger partial charge is 0.493 e. The zero-order valence-corrected chi connectivity index (χ0v) is 18.5. The summed E-state index contributed by atoms with van der Waals surface area (Å²) in [6.07, 6.45) is 1.42. The van der Waals surface area contributed by atoms with Gasteiger partial charge in [0.25, 0.3) is 11.7 Å². The molecule has 1 aliphatic heterocycles. The predicted molar refractivity (Wildman–Crippen MR) is 121 cm³/mol. The van der Waals surface area contributed by atoms with Crippen LogP contribution in [0.15, 0.2) is 42.5 Å². The number of amides is 1. The number of hydrogen-bond donors (Lipinski definition) is 1. The smallest absolute Gasteiger partial charge is 0.294 e. The second-order valence-electron chi connectivity index (χ2n) is 7.69. The van der Waals surface area contributed by atoms with Crippen molar-refractivity contribution >= 4 is 17.4 Å². The van der Waals surface area contributed by atoms with Gasteiger partial charge in [0.2, 0.25) is 0 Å². The number of benzene rings is 2. The Bertz CT molecular complexity index is 901. The van der Waals surface area contributed by atoms with Crippen LogP contribution in [-0.2, 0) is 11.2 Å². The average Bonchev–Trinajstić information content (AvgIpc) is 2.90. The summed E-state index contributed by atoms with van der Waals surface area (Å²) in [7, 11) is 5.15. The van der Waals surface area contributed by atoms with Crippen molar-refractivity contribution in [3.63, 3.8) is 0 Å². The molecule has 31 heavy (non-hydrogen) atoms. The Kier molecular flexibility index (Phi) is 7.89. The van der Waals surface area contributed by atoms with Crippen molar-refractivity contribution in [2.75, 3.05) is 59.3 Å².